The Labute approximate surface area is 109 Å². The van der Waals surface area contributed by atoms with Gasteiger partial charge in [-0.05, 0) is 37.0 Å². The predicted octanol–water partition coefficient (Wildman–Crippen LogP) is 2.88. The third-order valence-corrected chi connectivity index (χ3v) is 3.15. The van der Waals surface area contributed by atoms with E-state index in [1.54, 1.807) is 0 Å². The molecule has 0 fully saturated rings. The van der Waals surface area contributed by atoms with E-state index in [4.69, 9.17) is 11.6 Å². The van der Waals surface area contributed by atoms with Crippen molar-refractivity contribution in [1.29, 1.82) is 0 Å². The maximum Gasteiger partial charge on any atom is 0.0687 e. The van der Waals surface area contributed by atoms with E-state index >= 15 is 0 Å². The van der Waals surface area contributed by atoms with Crippen LogP contribution in [0.4, 0.5) is 0 Å². The molecule has 0 saturated carbocycles. The molecule has 0 aliphatic rings. The topological polar surface area (TPSA) is 32.3 Å². The molecule has 0 heterocycles. The maximum atomic E-state index is 9.70. The zero-order valence-corrected chi connectivity index (χ0v) is 11.5. The minimum Gasteiger partial charge on any atom is -0.392 e. The van der Waals surface area contributed by atoms with Gasteiger partial charge in [0.2, 0.25) is 0 Å². The number of hydrogen-bond acceptors (Lipinski definition) is 2. The Morgan fingerprint density at radius 2 is 1.76 bits per heavy atom. The summed E-state index contributed by atoms with van der Waals surface area (Å²) in [4.78, 5) is 0. The number of nitrogens with one attached hydrogen (secondary N) is 1. The maximum absolute atomic E-state index is 9.70. The molecule has 3 heteroatoms. The van der Waals surface area contributed by atoms with Gasteiger partial charge in [-0.1, -0.05) is 37.6 Å². The normalized spacial score (nSPS) is 14.9. The Morgan fingerprint density at radius 3 is 2.29 bits per heavy atom. The SMILES string of the molecule is CC(Cc1ccc(Cl)cc1)NCC(O)C(C)C. The van der Waals surface area contributed by atoms with Gasteiger partial charge in [0.15, 0.2) is 0 Å². The van der Waals surface area contributed by atoms with Gasteiger partial charge in [-0.2, -0.15) is 0 Å². The highest BCUT2D eigenvalue weighted by atomic mass is 35.5. The van der Waals surface area contributed by atoms with Crippen LogP contribution < -0.4 is 5.32 Å². The molecule has 2 N–H and O–H groups in total. The minimum absolute atomic E-state index is 0.275. The first-order valence-electron chi connectivity index (χ1n) is 6.15. The molecule has 2 atom stereocenters. The first kappa shape index (κ1) is 14.5. The van der Waals surface area contributed by atoms with Crippen LogP contribution >= 0.6 is 11.6 Å². The van der Waals surface area contributed by atoms with Crippen molar-refractivity contribution in [1.82, 2.24) is 5.32 Å². The Kier molecular flexibility index (Phi) is 5.96. The van der Waals surface area contributed by atoms with Gasteiger partial charge < -0.3 is 10.4 Å². The van der Waals surface area contributed by atoms with Crippen LogP contribution in [-0.2, 0) is 6.42 Å². The molecule has 0 aliphatic carbocycles. The molecule has 0 spiro atoms. The quantitative estimate of drug-likeness (QED) is 0.819. The summed E-state index contributed by atoms with van der Waals surface area (Å²) in [5.41, 5.74) is 1.26. The Hall–Kier alpha value is -0.570. The van der Waals surface area contributed by atoms with Crippen molar-refractivity contribution in [3.05, 3.63) is 34.9 Å². The first-order chi connectivity index (χ1) is 7.99. The lowest BCUT2D eigenvalue weighted by Crippen LogP contribution is -2.37. The summed E-state index contributed by atoms with van der Waals surface area (Å²) < 4.78 is 0. The average molecular weight is 256 g/mol. The number of aliphatic hydroxyl groups excluding tert-OH is 1. The molecule has 0 radical (unpaired) electrons. The average Bonchev–Trinajstić information content (AvgIpc) is 2.29. The molecule has 0 aliphatic heterocycles. The molecular weight excluding hydrogens is 234 g/mol. The van der Waals surface area contributed by atoms with Crippen LogP contribution in [0.5, 0.6) is 0 Å². The molecule has 1 aromatic rings. The number of benzene rings is 1. The molecule has 1 rings (SSSR count). The molecule has 1 aromatic carbocycles. The summed E-state index contributed by atoms with van der Waals surface area (Å²) in [5.74, 6) is 0.297. The van der Waals surface area contributed by atoms with Gasteiger partial charge >= 0.3 is 0 Å². The van der Waals surface area contributed by atoms with E-state index in [1.807, 2.05) is 38.1 Å². The lowest BCUT2D eigenvalue weighted by atomic mass is 10.1. The lowest BCUT2D eigenvalue weighted by molar-refractivity contribution is 0.120. The van der Waals surface area contributed by atoms with Gasteiger partial charge in [0.05, 0.1) is 6.10 Å². The van der Waals surface area contributed by atoms with Gasteiger partial charge in [0.1, 0.15) is 0 Å². The second kappa shape index (κ2) is 7.00. The molecule has 17 heavy (non-hydrogen) atoms. The van der Waals surface area contributed by atoms with Crippen molar-refractivity contribution in [2.75, 3.05) is 6.54 Å². The summed E-state index contributed by atoms with van der Waals surface area (Å²) in [7, 11) is 0. The molecule has 0 bridgehead atoms. The zero-order chi connectivity index (χ0) is 12.8. The van der Waals surface area contributed by atoms with Crippen LogP contribution in [0.2, 0.25) is 5.02 Å². The van der Waals surface area contributed by atoms with Gasteiger partial charge in [0.25, 0.3) is 0 Å². The Bertz CT molecular complexity index is 323. The lowest BCUT2D eigenvalue weighted by Gasteiger charge is -2.19. The summed E-state index contributed by atoms with van der Waals surface area (Å²) in [5, 5.41) is 13.8. The van der Waals surface area contributed by atoms with Gasteiger partial charge in [-0.3, -0.25) is 0 Å². The van der Waals surface area contributed by atoms with Crippen molar-refractivity contribution >= 4 is 11.6 Å². The molecular formula is C14H22ClNO. The van der Waals surface area contributed by atoms with E-state index in [1.165, 1.54) is 5.56 Å². The van der Waals surface area contributed by atoms with E-state index in [-0.39, 0.29) is 6.10 Å². The summed E-state index contributed by atoms with van der Waals surface area (Å²) in [6, 6.07) is 8.25. The molecule has 96 valence electrons. The van der Waals surface area contributed by atoms with Crippen LogP contribution in [-0.4, -0.2) is 23.8 Å². The van der Waals surface area contributed by atoms with E-state index in [9.17, 15) is 5.11 Å². The number of aliphatic hydroxyl groups is 1. The number of rotatable bonds is 6. The van der Waals surface area contributed by atoms with Crippen LogP contribution in [0.15, 0.2) is 24.3 Å². The Morgan fingerprint density at radius 1 is 1.18 bits per heavy atom. The fraction of sp³-hybridized carbons (Fsp3) is 0.571. The van der Waals surface area contributed by atoms with E-state index in [2.05, 4.69) is 12.2 Å². The fourth-order valence-corrected chi connectivity index (χ4v) is 1.73. The largest absolute Gasteiger partial charge is 0.392 e. The van der Waals surface area contributed by atoms with Crippen molar-refractivity contribution in [3.63, 3.8) is 0 Å². The Balaban J connectivity index is 2.34. The summed E-state index contributed by atoms with van der Waals surface area (Å²) in [6.45, 7) is 6.82. The third kappa shape index (κ3) is 5.53. The van der Waals surface area contributed by atoms with Gasteiger partial charge in [-0.25, -0.2) is 0 Å². The van der Waals surface area contributed by atoms with Crippen molar-refractivity contribution in [2.45, 2.75) is 39.3 Å². The van der Waals surface area contributed by atoms with E-state index < -0.39 is 0 Å². The van der Waals surface area contributed by atoms with Crippen LogP contribution in [0.25, 0.3) is 0 Å². The zero-order valence-electron chi connectivity index (χ0n) is 10.8. The highest BCUT2D eigenvalue weighted by Crippen LogP contribution is 2.11. The van der Waals surface area contributed by atoms with E-state index in [0.717, 1.165) is 11.4 Å². The third-order valence-electron chi connectivity index (χ3n) is 2.90. The van der Waals surface area contributed by atoms with Crippen molar-refractivity contribution < 1.29 is 5.11 Å². The summed E-state index contributed by atoms with van der Waals surface area (Å²) in [6.07, 6.45) is 0.671. The predicted molar refractivity (Wildman–Crippen MR) is 73.5 cm³/mol. The highest BCUT2D eigenvalue weighted by molar-refractivity contribution is 6.30. The van der Waals surface area contributed by atoms with Crippen molar-refractivity contribution in [3.8, 4) is 0 Å². The van der Waals surface area contributed by atoms with E-state index in [0.29, 0.717) is 18.5 Å². The standard InChI is InChI=1S/C14H22ClNO/c1-10(2)14(17)9-16-11(3)8-12-4-6-13(15)7-5-12/h4-7,10-11,14,16-17H,8-9H2,1-3H3. The molecule has 0 aromatic heterocycles. The fourth-order valence-electron chi connectivity index (χ4n) is 1.60. The van der Waals surface area contributed by atoms with Crippen LogP contribution in [0.1, 0.15) is 26.3 Å². The van der Waals surface area contributed by atoms with Crippen molar-refractivity contribution in [2.24, 2.45) is 5.92 Å². The molecule has 2 nitrogen and oxygen atoms in total. The monoisotopic (exact) mass is 255 g/mol. The highest BCUT2D eigenvalue weighted by Gasteiger charge is 2.10. The summed E-state index contributed by atoms with van der Waals surface area (Å²) >= 11 is 5.84. The second-order valence-corrected chi connectivity index (χ2v) is 5.39. The number of halogens is 1. The second-order valence-electron chi connectivity index (χ2n) is 4.95. The van der Waals surface area contributed by atoms with Crippen LogP contribution in [0, 0.1) is 5.92 Å². The number of hydrogen-bond donors (Lipinski definition) is 2. The molecule has 0 amide bonds. The molecule has 0 saturated heterocycles. The van der Waals surface area contributed by atoms with Gasteiger partial charge in [-0.15, -0.1) is 0 Å². The van der Waals surface area contributed by atoms with Crippen LogP contribution in [0.3, 0.4) is 0 Å². The van der Waals surface area contributed by atoms with Gasteiger partial charge in [0, 0.05) is 17.6 Å². The smallest absolute Gasteiger partial charge is 0.0687 e. The minimum atomic E-state index is -0.275. The molecule has 2 unspecified atom stereocenters. The first-order valence-corrected chi connectivity index (χ1v) is 6.52.